The van der Waals surface area contributed by atoms with Gasteiger partial charge in [0.15, 0.2) is 5.75 Å². The van der Waals surface area contributed by atoms with E-state index >= 15 is 0 Å². The number of halogens is 1. The van der Waals surface area contributed by atoms with Crippen molar-refractivity contribution in [2.75, 3.05) is 30.4 Å². The Kier molecular flexibility index (Phi) is 4.72. The van der Waals surface area contributed by atoms with Crippen LogP contribution in [0, 0.1) is 17.7 Å². The van der Waals surface area contributed by atoms with E-state index in [0.29, 0.717) is 28.9 Å². The molecule has 2 aliphatic rings. The molecule has 1 aromatic carbocycles. The molecule has 36 heavy (non-hydrogen) atoms. The van der Waals surface area contributed by atoms with E-state index in [-0.39, 0.29) is 17.9 Å². The Morgan fingerprint density at radius 2 is 2.06 bits per heavy atom. The number of nitrogens with zero attached hydrogens (tertiary/aromatic N) is 5. The van der Waals surface area contributed by atoms with Crippen LogP contribution in [-0.4, -0.2) is 51.1 Å². The summed E-state index contributed by atoms with van der Waals surface area (Å²) in [6.07, 6.45) is 5.52. The van der Waals surface area contributed by atoms with Crippen molar-refractivity contribution in [1.82, 2.24) is 24.9 Å². The van der Waals surface area contributed by atoms with E-state index in [1.807, 2.05) is 18.2 Å². The van der Waals surface area contributed by atoms with Gasteiger partial charge in [-0.3, -0.25) is 9.97 Å². The molecule has 4 aromatic heterocycles. The largest absolute Gasteiger partial charge is 0.422 e. The van der Waals surface area contributed by atoms with Crippen LogP contribution >= 0.6 is 0 Å². The number of aromatic nitrogens is 5. The molecule has 0 bridgehead atoms. The van der Waals surface area contributed by atoms with Crippen molar-refractivity contribution in [1.29, 1.82) is 0 Å². The zero-order valence-corrected chi connectivity index (χ0v) is 19.7. The third-order valence-corrected chi connectivity index (χ3v) is 7.60. The predicted molar refractivity (Wildman–Crippen MR) is 137 cm³/mol. The van der Waals surface area contributed by atoms with Crippen LogP contribution in [0.5, 0.6) is 11.8 Å². The lowest BCUT2D eigenvalue weighted by atomic mass is 9.98. The molecular formula is C26H25FN8O. The lowest BCUT2D eigenvalue weighted by Crippen LogP contribution is -2.30. The van der Waals surface area contributed by atoms with E-state index in [1.165, 1.54) is 12.1 Å². The van der Waals surface area contributed by atoms with Crippen LogP contribution in [0.4, 0.5) is 15.9 Å². The van der Waals surface area contributed by atoms with Gasteiger partial charge in [-0.25, -0.2) is 4.39 Å². The van der Waals surface area contributed by atoms with Crippen molar-refractivity contribution in [2.24, 2.45) is 17.6 Å². The number of H-pyrrole nitrogens is 1. The maximum absolute atomic E-state index is 14.6. The van der Waals surface area contributed by atoms with Gasteiger partial charge in [0.1, 0.15) is 17.3 Å². The van der Waals surface area contributed by atoms with Gasteiger partial charge in [0.25, 0.3) is 0 Å². The molecule has 2 fully saturated rings. The quantitative estimate of drug-likeness (QED) is 0.347. The van der Waals surface area contributed by atoms with Crippen LogP contribution in [-0.2, 0) is 0 Å². The summed E-state index contributed by atoms with van der Waals surface area (Å²) in [6.45, 7) is 1.66. The predicted octanol–water partition coefficient (Wildman–Crippen LogP) is 4.20. The lowest BCUT2D eigenvalue weighted by molar-refractivity contribution is 0.442. The minimum absolute atomic E-state index is 0.189. The number of hydrogen-bond donors (Lipinski definition) is 3. The second-order valence-electron chi connectivity index (χ2n) is 9.69. The van der Waals surface area contributed by atoms with Crippen LogP contribution in [0.25, 0.3) is 33.0 Å². The lowest BCUT2D eigenvalue weighted by Gasteiger charge is -2.21. The summed E-state index contributed by atoms with van der Waals surface area (Å²) in [5.41, 5.74) is 9.92. The summed E-state index contributed by atoms with van der Waals surface area (Å²) in [4.78, 5) is 23.9. The number of benzene rings is 1. The van der Waals surface area contributed by atoms with E-state index < -0.39 is 0 Å². The summed E-state index contributed by atoms with van der Waals surface area (Å²) in [7, 11) is 1.77. The topological polar surface area (TPSA) is 118 Å². The molecule has 1 aliphatic heterocycles. The molecule has 10 heteroatoms. The summed E-state index contributed by atoms with van der Waals surface area (Å²) >= 11 is 0. The Balaban J connectivity index is 1.38. The summed E-state index contributed by atoms with van der Waals surface area (Å²) in [5, 5.41) is 4.58. The maximum atomic E-state index is 14.6. The zero-order chi connectivity index (χ0) is 24.4. The summed E-state index contributed by atoms with van der Waals surface area (Å²) in [6, 6.07) is 8.93. The second-order valence-corrected chi connectivity index (χ2v) is 9.69. The highest BCUT2D eigenvalue weighted by Crippen LogP contribution is 2.43. The number of fused-ring (bicyclic) bond motifs is 5. The Hall–Kier alpha value is -4.05. The second kappa shape index (κ2) is 7.99. The minimum atomic E-state index is -0.325. The Labute approximate surface area is 205 Å². The molecule has 3 atom stereocenters. The van der Waals surface area contributed by atoms with Crippen molar-refractivity contribution in [2.45, 2.75) is 18.9 Å². The summed E-state index contributed by atoms with van der Waals surface area (Å²) < 4.78 is 20.7. The van der Waals surface area contributed by atoms with Gasteiger partial charge in [-0.15, -0.1) is 0 Å². The van der Waals surface area contributed by atoms with E-state index in [0.717, 1.165) is 59.1 Å². The Morgan fingerprint density at radius 1 is 1.14 bits per heavy atom. The molecule has 0 amide bonds. The van der Waals surface area contributed by atoms with Crippen LogP contribution in [0.15, 0.2) is 42.7 Å². The van der Waals surface area contributed by atoms with Crippen LogP contribution < -0.4 is 20.7 Å². The third-order valence-electron chi connectivity index (χ3n) is 7.60. The Morgan fingerprint density at radius 3 is 2.92 bits per heavy atom. The fourth-order valence-electron chi connectivity index (χ4n) is 5.87. The van der Waals surface area contributed by atoms with Crippen molar-refractivity contribution in [3.05, 3.63) is 48.5 Å². The van der Waals surface area contributed by atoms with Gasteiger partial charge in [-0.2, -0.15) is 9.97 Å². The van der Waals surface area contributed by atoms with Crippen molar-refractivity contribution in [3.8, 4) is 11.8 Å². The number of nitrogens with one attached hydrogen (secondary N) is 2. The molecule has 0 radical (unpaired) electrons. The molecule has 1 saturated heterocycles. The zero-order valence-electron chi connectivity index (χ0n) is 19.7. The monoisotopic (exact) mass is 484 g/mol. The fraction of sp³-hybridized carbons (Fsp3) is 0.308. The molecule has 5 heterocycles. The van der Waals surface area contributed by atoms with Gasteiger partial charge in [0.2, 0.25) is 0 Å². The van der Waals surface area contributed by atoms with Crippen LogP contribution in [0.3, 0.4) is 0 Å². The first kappa shape index (κ1) is 21.3. The first-order valence-corrected chi connectivity index (χ1v) is 12.2. The minimum Gasteiger partial charge on any atom is -0.422 e. The smallest absolute Gasteiger partial charge is 0.326 e. The molecule has 4 N–H and O–H groups in total. The normalized spacial score (nSPS) is 21.5. The van der Waals surface area contributed by atoms with Crippen molar-refractivity contribution in [3.63, 3.8) is 0 Å². The number of anilines is 2. The van der Waals surface area contributed by atoms with Gasteiger partial charge in [0, 0.05) is 43.8 Å². The van der Waals surface area contributed by atoms with Gasteiger partial charge >= 0.3 is 6.01 Å². The molecule has 0 spiro atoms. The molecule has 1 unspecified atom stereocenters. The van der Waals surface area contributed by atoms with Gasteiger partial charge in [0.05, 0.1) is 33.8 Å². The van der Waals surface area contributed by atoms with Crippen molar-refractivity contribution < 1.29 is 9.13 Å². The van der Waals surface area contributed by atoms with Crippen LogP contribution in [0.1, 0.15) is 12.8 Å². The van der Waals surface area contributed by atoms with E-state index in [2.05, 4.69) is 30.2 Å². The highest BCUT2D eigenvalue weighted by atomic mass is 19.1. The fourth-order valence-corrected chi connectivity index (χ4v) is 5.87. The van der Waals surface area contributed by atoms with E-state index in [9.17, 15) is 4.39 Å². The highest BCUT2D eigenvalue weighted by molar-refractivity contribution is 6.14. The van der Waals surface area contributed by atoms with E-state index in [1.54, 1.807) is 19.4 Å². The molecule has 182 valence electrons. The standard InChI is InChI=1S/C26H25FN8O/c1-29-21-8-14(27)7-16-22-24(32-23(16)21)33-26(36-15-9-20-19(31-10-15)3-2-6-30-20)34-25(22)35-11-13-4-5-18(28)17(13)12-35/h2-3,6-10,13,17-18,29H,4-5,11-12,28H2,1H3,(H,32,33,34)/t13?,17-,18+/m0/s1. The van der Waals surface area contributed by atoms with Gasteiger partial charge in [-0.1, -0.05) is 0 Å². The number of hydrogen-bond acceptors (Lipinski definition) is 8. The average Bonchev–Trinajstić information content (AvgIpc) is 3.57. The SMILES string of the molecule is CNc1cc(F)cc2c1[nH]c1nc(Oc3cnc4cccnc4c3)nc(N3CC4CC[C@@H](N)[C@H]4C3)c12. The molecule has 1 saturated carbocycles. The Bertz CT molecular complexity index is 1640. The van der Waals surface area contributed by atoms with Crippen molar-refractivity contribution >= 4 is 44.5 Å². The number of ether oxygens (including phenoxy) is 1. The molecule has 5 aromatic rings. The average molecular weight is 485 g/mol. The van der Waals surface area contributed by atoms with Gasteiger partial charge in [-0.05, 0) is 48.9 Å². The number of aromatic amines is 1. The van der Waals surface area contributed by atoms with E-state index in [4.69, 9.17) is 15.5 Å². The molecule has 9 nitrogen and oxygen atoms in total. The summed E-state index contributed by atoms with van der Waals surface area (Å²) in [5.74, 6) is 1.84. The highest BCUT2D eigenvalue weighted by Gasteiger charge is 2.42. The number of rotatable bonds is 4. The molecule has 1 aliphatic carbocycles. The third kappa shape index (κ3) is 3.32. The molecular weight excluding hydrogens is 459 g/mol. The maximum Gasteiger partial charge on any atom is 0.326 e. The first-order chi connectivity index (χ1) is 17.6. The number of pyridine rings is 2. The number of nitrogens with two attached hydrogens (primary N) is 1. The molecule has 7 rings (SSSR count). The van der Waals surface area contributed by atoms with Crippen LogP contribution in [0.2, 0.25) is 0 Å². The first-order valence-electron chi connectivity index (χ1n) is 12.2. The van der Waals surface area contributed by atoms with Gasteiger partial charge < -0.3 is 25.7 Å².